The van der Waals surface area contributed by atoms with Crippen molar-refractivity contribution >= 4 is 39.7 Å². The number of non-ortho nitro benzene ring substituents is 1. The predicted octanol–water partition coefficient (Wildman–Crippen LogP) is 2.03. The van der Waals surface area contributed by atoms with E-state index in [1.54, 1.807) is 0 Å². The number of sulfonamides is 1. The van der Waals surface area contributed by atoms with Gasteiger partial charge in [0.15, 0.2) is 0 Å². The van der Waals surface area contributed by atoms with Crippen molar-refractivity contribution in [3.8, 4) is 0 Å². The molecular weight excluding hydrogens is 353 g/mol. The zero-order valence-corrected chi connectivity index (χ0v) is 14.0. The van der Waals surface area contributed by atoms with Crippen molar-refractivity contribution in [2.75, 3.05) is 19.6 Å². The largest absolute Gasteiger partial charge is 0.330 e. The van der Waals surface area contributed by atoms with Crippen LogP contribution in [0, 0.1) is 16.0 Å². The predicted molar refractivity (Wildman–Crippen MR) is 85.9 cm³/mol. The number of hydrogen-bond acceptors (Lipinski definition) is 5. The second kappa shape index (κ2) is 7.56. The Hall–Kier alpha value is -0.930. The summed E-state index contributed by atoms with van der Waals surface area (Å²) in [6, 6.07) is 3.39. The Morgan fingerprint density at radius 1 is 1.36 bits per heavy atom. The molecule has 1 saturated heterocycles. The van der Waals surface area contributed by atoms with E-state index in [-0.39, 0.29) is 28.0 Å². The lowest BCUT2D eigenvalue weighted by Crippen LogP contribution is -2.40. The lowest BCUT2D eigenvalue weighted by molar-refractivity contribution is -0.384. The van der Waals surface area contributed by atoms with Crippen molar-refractivity contribution in [1.29, 1.82) is 0 Å². The van der Waals surface area contributed by atoms with Crippen LogP contribution >= 0.6 is 24.0 Å². The minimum atomic E-state index is -3.73. The summed E-state index contributed by atoms with van der Waals surface area (Å²) < 4.78 is 26.4. The van der Waals surface area contributed by atoms with Gasteiger partial charge in [0.1, 0.15) is 4.90 Å². The summed E-state index contributed by atoms with van der Waals surface area (Å²) in [5.74, 6) is 0.337. The molecule has 0 radical (unpaired) electrons. The molecule has 1 aromatic rings. The number of nitro benzene ring substituents is 1. The molecule has 0 saturated carbocycles. The maximum atomic E-state index is 12.5. The highest BCUT2D eigenvalue weighted by Crippen LogP contribution is 2.30. The molecule has 0 amide bonds. The second-order valence-corrected chi connectivity index (χ2v) is 7.27. The molecule has 0 aliphatic carbocycles. The fourth-order valence-corrected chi connectivity index (χ4v) is 4.32. The SMILES string of the molecule is Cl.NCC1CCN(S(=O)(=O)c2ccc([N+](=O)[O-])cc2Cl)CC1. The summed E-state index contributed by atoms with van der Waals surface area (Å²) in [4.78, 5) is 9.95. The maximum absolute atomic E-state index is 12.5. The van der Waals surface area contributed by atoms with Crippen LogP contribution in [-0.4, -0.2) is 37.3 Å². The molecule has 0 spiro atoms. The van der Waals surface area contributed by atoms with Gasteiger partial charge in [0.05, 0.1) is 9.95 Å². The van der Waals surface area contributed by atoms with E-state index in [9.17, 15) is 18.5 Å². The standard InChI is InChI=1S/C12H16ClN3O4S.ClH/c13-11-7-10(16(17)18)1-2-12(11)21(19,20)15-5-3-9(8-14)4-6-15;/h1-2,7,9H,3-6,8,14H2;1H. The van der Waals surface area contributed by atoms with Gasteiger partial charge in [-0.05, 0) is 31.4 Å². The van der Waals surface area contributed by atoms with Crippen LogP contribution in [-0.2, 0) is 10.0 Å². The fourth-order valence-electron chi connectivity index (χ4n) is 2.34. The first-order chi connectivity index (χ1) is 9.86. The van der Waals surface area contributed by atoms with Crippen LogP contribution in [0.15, 0.2) is 23.1 Å². The summed E-state index contributed by atoms with van der Waals surface area (Å²) >= 11 is 5.90. The molecule has 124 valence electrons. The molecule has 10 heteroatoms. The normalized spacial score (nSPS) is 17.0. The van der Waals surface area contributed by atoms with Gasteiger partial charge in [-0.2, -0.15) is 4.31 Å². The number of piperidine rings is 1. The maximum Gasteiger partial charge on any atom is 0.271 e. The summed E-state index contributed by atoms with van der Waals surface area (Å²) in [6.07, 6.45) is 1.42. The Morgan fingerprint density at radius 2 is 1.95 bits per heavy atom. The summed E-state index contributed by atoms with van der Waals surface area (Å²) in [5.41, 5.74) is 5.35. The van der Waals surface area contributed by atoms with Gasteiger partial charge in [-0.3, -0.25) is 10.1 Å². The van der Waals surface area contributed by atoms with E-state index >= 15 is 0 Å². The first kappa shape index (κ1) is 19.1. The van der Waals surface area contributed by atoms with Crippen LogP contribution < -0.4 is 5.73 Å². The first-order valence-electron chi connectivity index (χ1n) is 6.50. The molecule has 1 aromatic carbocycles. The lowest BCUT2D eigenvalue weighted by atomic mass is 9.99. The average Bonchev–Trinajstić information content (AvgIpc) is 2.46. The molecule has 1 fully saturated rings. The molecule has 7 nitrogen and oxygen atoms in total. The van der Waals surface area contributed by atoms with Gasteiger partial charge in [0.25, 0.3) is 5.69 Å². The topological polar surface area (TPSA) is 107 Å². The van der Waals surface area contributed by atoms with E-state index in [1.165, 1.54) is 10.4 Å². The van der Waals surface area contributed by atoms with E-state index in [0.717, 1.165) is 12.1 Å². The van der Waals surface area contributed by atoms with Crippen LogP contribution in [0.25, 0.3) is 0 Å². The smallest absolute Gasteiger partial charge is 0.271 e. The molecule has 2 rings (SSSR count). The van der Waals surface area contributed by atoms with Crippen LogP contribution in [0.5, 0.6) is 0 Å². The summed E-state index contributed by atoms with van der Waals surface area (Å²) in [5, 5.41) is 10.5. The molecule has 0 bridgehead atoms. The van der Waals surface area contributed by atoms with Gasteiger partial charge in [0, 0.05) is 25.2 Å². The van der Waals surface area contributed by atoms with Crippen molar-refractivity contribution in [2.24, 2.45) is 11.7 Å². The van der Waals surface area contributed by atoms with Crippen molar-refractivity contribution in [2.45, 2.75) is 17.7 Å². The minimum absolute atomic E-state index is 0. The quantitative estimate of drug-likeness (QED) is 0.645. The zero-order valence-electron chi connectivity index (χ0n) is 11.6. The third-order valence-electron chi connectivity index (χ3n) is 3.65. The van der Waals surface area contributed by atoms with E-state index in [2.05, 4.69) is 0 Å². The van der Waals surface area contributed by atoms with E-state index < -0.39 is 14.9 Å². The Morgan fingerprint density at radius 3 is 2.41 bits per heavy atom. The van der Waals surface area contributed by atoms with Gasteiger partial charge in [-0.25, -0.2) is 8.42 Å². The molecule has 0 unspecified atom stereocenters. The first-order valence-corrected chi connectivity index (χ1v) is 8.32. The van der Waals surface area contributed by atoms with E-state index in [0.29, 0.717) is 38.4 Å². The molecule has 22 heavy (non-hydrogen) atoms. The fraction of sp³-hybridized carbons (Fsp3) is 0.500. The Bertz CT molecular complexity index is 646. The number of nitro groups is 1. The molecule has 1 aliphatic rings. The van der Waals surface area contributed by atoms with Crippen molar-refractivity contribution in [3.05, 3.63) is 33.3 Å². The van der Waals surface area contributed by atoms with E-state index in [4.69, 9.17) is 17.3 Å². The van der Waals surface area contributed by atoms with Crippen molar-refractivity contribution < 1.29 is 13.3 Å². The van der Waals surface area contributed by atoms with Crippen molar-refractivity contribution in [1.82, 2.24) is 4.31 Å². The van der Waals surface area contributed by atoms with Gasteiger partial charge >= 0.3 is 0 Å². The van der Waals surface area contributed by atoms with Crippen molar-refractivity contribution in [3.63, 3.8) is 0 Å². The summed E-state index contributed by atoms with van der Waals surface area (Å²) in [7, 11) is -3.73. The number of nitrogens with two attached hydrogens (primary N) is 1. The molecular formula is C12H17Cl2N3O4S. The summed E-state index contributed by atoms with van der Waals surface area (Å²) in [6.45, 7) is 1.32. The lowest BCUT2D eigenvalue weighted by Gasteiger charge is -2.30. The van der Waals surface area contributed by atoms with E-state index in [1.807, 2.05) is 0 Å². The van der Waals surface area contributed by atoms with Gasteiger partial charge in [-0.1, -0.05) is 11.6 Å². The second-order valence-electron chi connectivity index (χ2n) is 4.95. The highest BCUT2D eigenvalue weighted by Gasteiger charge is 2.31. The Kier molecular flexibility index (Phi) is 6.57. The number of rotatable bonds is 4. The number of benzene rings is 1. The molecule has 0 atom stereocenters. The molecule has 1 aliphatic heterocycles. The third kappa shape index (κ3) is 3.88. The Labute approximate surface area is 140 Å². The van der Waals surface area contributed by atoms with Crippen LogP contribution in [0.3, 0.4) is 0 Å². The van der Waals surface area contributed by atoms with Crippen LogP contribution in [0.2, 0.25) is 5.02 Å². The van der Waals surface area contributed by atoms with Gasteiger partial charge < -0.3 is 5.73 Å². The number of hydrogen-bond donors (Lipinski definition) is 1. The van der Waals surface area contributed by atoms with Gasteiger partial charge in [-0.15, -0.1) is 12.4 Å². The number of halogens is 2. The monoisotopic (exact) mass is 369 g/mol. The third-order valence-corrected chi connectivity index (χ3v) is 6.03. The highest BCUT2D eigenvalue weighted by atomic mass is 35.5. The molecule has 2 N–H and O–H groups in total. The Balaban J connectivity index is 0.00000242. The highest BCUT2D eigenvalue weighted by molar-refractivity contribution is 7.89. The van der Waals surface area contributed by atoms with Gasteiger partial charge in [0.2, 0.25) is 10.0 Å². The van der Waals surface area contributed by atoms with Crippen LogP contribution in [0.4, 0.5) is 5.69 Å². The zero-order chi connectivity index (χ0) is 15.6. The minimum Gasteiger partial charge on any atom is -0.330 e. The molecule has 1 heterocycles. The molecule has 0 aromatic heterocycles. The number of nitrogens with zero attached hydrogens (tertiary/aromatic N) is 2. The van der Waals surface area contributed by atoms with Crippen LogP contribution in [0.1, 0.15) is 12.8 Å². The average molecular weight is 370 g/mol.